The Labute approximate surface area is 345 Å². The molecule has 0 atom stereocenters. The van der Waals surface area contributed by atoms with E-state index in [0.717, 1.165) is 44.7 Å². The Morgan fingerprint density at radius 3 is 1.36 bits per heavy atom. The van der Waals surface area contributed by atoms with Gasteiger partial charge in [0.1, 0.15) is 11.2 Å². The third-order valence-electron chi connectivity index (χ3n) is 12.3. The number of rotatable bonds is 7. The van der Waals surface area contributed by atoms with Crippen LogP contribution in [0.2, 0.25) is 0 Å². The lowest BCUT2D eigenvalue weighted by atomic mass is 9.81. The highest BCUT2D eigenvalue weighted by Gasteiger charge is 2.38. The SMILES string of the molecule is CC1(C)c2ccccc2-c2c1cc(-c1ccccc1)c1c2oc2c(-c3ccc(N(c4ccc(-c5ccccc5)cc4)c4ccc(-c5ccccc5)cc4)cc3)cccc21. The molecule has 2 heteroatoms. The summed E-state index contributed by atoms with van der Waals surface area (Å²) < 4.78 is 7.19. The molecule has 1 heterocycles. The smallest absolute Gasteiger partial charge is 0.144 e. The molecule has 11 rings (SSSR count). The summed E-state index contributed by atoms with van der Waals surface area (Å²) in [5.74, 6) is 0. The highest BCUT2D eigenvalue weighted by Crippen LogP contribution is 2.55. The van der Waals surface area contributed by atoms with Gasteiger partial charge in [0.05, 0.1) is 0 Å². The number of anilines is 3. The molecule has 2 nitrogen and oxygen atoms in total. The third-order valence-corrected chi connectivity index (χ3v) is 12.3. The number of hydrogen-bond acceptors (Lipinski definition) is 2. The maximum Gasteiger partial charge on any atom is 0.144 e. The first kappa shape index (κ1) is 34.8. The Kier molecular flexibility index (Phi) is 8.20. The van der Waals surface area contributed by atoms with Gasteiger partial charge in [-0.3, -0.25) is 0 Å². The fraction of sp³-hybridized carbons (Fsp3) is 0.0526. The van der Waals surface area contributed by atoms with Crippen LogP contribution in [0.4, 0.5) is 17.1 Å². The van der Waals surface area contributed by atoms with E-state index in [1.807, 2.05) is 0 Å². The molecule has 1 aliphatic rings. The Balaban J connectivity index is 1.04. The van der Waals surface area contributed by atoms with Crippen LogP contribution in [0.5, 0.6) is 0 Å². The van der Waals surface area contributed by atoms with Crippen LogP contribution < -0.4 is 4.90 Å². The Morgan fingerprint density at radius 2 is 0.797 bits per heavy atom. The van der Waals surface area contributed by atoms with Crippen LogP contribution in [0.25, 0.3) is 77.6 Å². The van der Waals surface area contributed by atoms with Crippen LogP contribution in [0.15, 0.2) is 217 Å². The maximum atomic E-state index is 7.19. The fourth-order valence-electron chi connectivity index (χ4n) is 9.30. The molecular formula is C57H41NO. The average Bonchev–Trinajstić information content (AvgIpc) is 3.80. The number of furan rings is 1. The van der Waals surface area contributed by atoms with Crippen molar-refractivity contribution in [2.45, 2.75) is 19.3 Å². The molecule has 0 unspecified atom stereocenters. The van der Waals surface area contributed by atoms with Crippen LogP contribution in [-0.2, 0) is 5.41 Å². The summed E-state index contributed by atoms with van der Waals surface area (Å²) in [4.78, 5) is 2.34. The van der Waals surface area contributed by atoms with Gasteiger partial charge in [-0.1, -0.05) is 184 Å². The summed E-state index contributed by atoms with van der Waals surface area (Å²) >= 11 is 0. The van der Waals surface area contributed by atoms with Crippen molar-refractivity contribution in [2.75, 3.05) is 4.90 Å². The molecule has 1 aliphatic carbocycles. The van der Waals surface area contributed by atoms with E-state index in [9.17, 15) is 0 Å². The van der Waals surface area contributed by atoms with Gasteiger partial charge in [-0.05, 0) is 98.1 Å². The molecule has 0 saturated carbocycles. The Bertz CT molecular complexity index is 3040. The van der Waals surface area contributed by atoms with E-state index in [1.165, 1.54) is 61.0 Å². The number of fused-ring (bicyclic) bond motifs is 7. The summed E-state index contributed by atoms with van der Waals surface area (Å²) in [6.07, 6.45) is 0. The summed E-state index contributed by atoms with van der Waals surface area (Å²) in [7, 11) is 0. The predicted octanol–water partition coefficient (Wildman–Crippen LogP) is 16.0. The van der Waals surface area contributed by atoms with Gasteiger partial charge in [-0.15, -0.1) is 0 Å². The van der Waals surface area contributed by atoms with Crippen molar-refractivity contribution in [2.24, 2.45) is 0 Å². The zero-order valence-electron chi connectivity index (χ0n) is 33.1. The predicted molar refractivity (Wildman–Crippen MR) is 248 cm³/mol. The molecule has 1 aromatic heterocycles. The quantitative estimate of drug-likeness (QED) is 0.161. The van der Waals surface area contributed by atoms with E-state index in [0.29, 0.717) is 0 Å². The number of para-hydroxylation sites is 1. The Hall–Kier alpha value is -7.42. The lowest BCUT2D eigenvalue weighted by molar-refractivity contribution is 0.654. The topological polar surface area (TPSA) is 16.4 Å². The number of hydrogen-bond donors (Lipinski definition) is 0. The van der Waals surface area contributed by atoms with Gasteiger partial charge in [-0.25, -0.2) is 0 Å². The zero-order chi connectivity index (χ0) is 39.5. The first-order chi connectivity index (χ1) is 29.0. The van der Waals surface area contributed by atoms with Crippen molar-refractivity contribution in [3.05, 3.63) is 223 Å². The zero-order valence-corrected chi connectivity index (χ0v) is 33.1. The number of benzene rings is 9. The number of nitrogens with zero attached hydrogens (tertiary/aromatic N) is 1. The molecule has 280 valence electrons. The first-order valence-corrected chi connectivity index (χ1v) is 20.4. The average molecular weight is 756 g/mol. The van der Waals surface area contributed by atoms with Crippen LogP contribution in [0, 0.1) is 0 Å². The van der Waals surface area contributed by atoms with Crippen molar-refractivity contribution in [3.63, 3.8) is 0 Å². The second-order valence-corrected chi connectivity index (χ2v) is 16.1. The molecule has 59 heavy (non-hydrogen) atoms. The highest BCUT2D eigenvalue weighted by atomic mass is 16.3. The van der Waals surface area contributed by atoms with E-state index in [-0.39, 0.29) is 5.41 Å². The molecule has 9 aromatic carbocycles. The summed E-state index contributed by atoms with van der Waals surface area (Å²) in [5, 5.41) is 2.30. The first-order valence-electron chi connectivity index (χ1n) is 20.4. The van der Waals surface area contributed by atoms with Gasteiger partial charge < -0.3 is 9.32 Å². The van der Waals surface area contributed by atoms with Gasteiger partial charge in [0.15, 0.2) is 0 Å². The molecule has 0 spiro atoms. The summed E-state index contributed by atoms with van der Waals surface area (Å²) in [6.45, 7) is 4.68. The van der Waals surface area contributed by atoms with Crippen LogP contribution in [0.1, 0.15) is 25.0 Å². The molecule has 0 saturated heterocycles. The van der Waals surface area contributed by atoms with Gasteiger partial charge in [0, 0.05) is 44.4 Å². The molecular weight excluding hydrogens is 715 g/mol. The van der Waals surface area contributed by atoms with Crippen molar-refractivity contribution in [1.29, 1.82) is 0 Å². The van der Waals surface area contributed by atoms with Crippen molar-refractivity contribution >= 4 is 39.0 Å². The second kappa shape index (κ2) is 13.9. The third kappa shape index (κ3) is 5.79. The fourth-order valence-corrected chi connectivity index (χ4v) is 9.30. The van der Waals surface area contributed by atoms with E-state index in [1.54, 1.807) is 0 Å². The van der Waals surface area contributed by atoms with Gasteiger partial charge in [0.2, 0.25) is 0 Å². The van der Waals surface area contributed by atoms with Gasteiger partial charge >= 0.3 is 0 Å². The highest BCUT2D eigenvalue weighted by molar-refractivity contribution is 6.20. The van der Waals surface area contributed by atoms with Crippen LogP contribution >= 0.6 is 0 Å². The Morgan fingerprint density at radius 1 is 0.356 bits per heavy atom. The van der Waals surface area contributed by atoms with Crippen molar-refractivity contribution in [3.8, 4) is 55.6 Å². The van der Waals surface area contributed by atoms with Crippen molar-refractivity contribution in [1.82, 2.24) is 0 Å². The molecule has 0 fully saturated rings. The minimum Gasteiger partial charge on any atom is -0.455 e. The summed E-state index contributed by atoms with van der Waals surface area (Å²) in [6, 6.07) is 76.4. The van der Waals surface area contributed by atoms with Crippen LogP contribution in [-0.4, -0.2) is 0 Å². The van der Waals surface area contributed by atoms with E-state index < -0.39 is 0 Å². The standard InChI is InChI=1S/C57H41NO/c1-57(2)51-24-13-12-21-48(51)54-52(57)37-50(42-19-10-5-11-20-42)53-49-23-14-22-47(55(49)59-56(53)54)43-29-35-46(36-30-43)58(44-31-25-40(26-32-44)38-15-6-3-7-16-38)45-33-27-41(28-34-45)39-17-8-4-9-18-39/h3-37H,1-2H3. The molecule has 0 radical (unpaired) electrons. The molecule has 10 aromatic rings. The maximum absolute atomic E-state index is 7.19. The molecule has 0 aliphatic heterocycles. The van der Waals surface area contributed by atoms with Gasteiger partial charge in [-0.2, -0.15) is 0 Å². The minimum atomic E-state index is -0.156. The summed E-state index contributed by atoms with van der Waals surface area (Å²) in [5.41, 5.74) is 19.5. The van der Waals surface area contributed by atoms with Crippen LogP contribution in [0.3, 0.4) is 0 Å². The van der Waals surface area contributed by atoms with E-state index in [2.05, 4.69) is 231 Å². The van der Waals surface area contributed by atoms with Crippen molar-refractivity contribution < 1.29 is 4.42 Å². The molecule has 0 amide bonds. The van der Waals surface area contributed by atoms with E-state index >= 15 is 0 Å². The van der Waals surface area contributed by atoms with Gasteiger partial charge in [0.25, 0.3) is 0 Å². The molecule has 0 bridgehead atoms. The lowest BCUT2D eigenvalue weighted by Crippen LogP contribution is -2.15. The molecule has 0 N–H and O–H groups in total. The largest absolute Gasteiger partial charge is 0.455 e. The van der Waals surface area contributed by atoms with E-state index in [4.69, 9.17) is 4.42 Å². The monoisotopic (exact) mass is 755 g/mol. The normalized spacial score (nSPS) is 12.7. The lowest BCUT2D eigenvalue weighted by Gasteiger charge is -2.26. The minimum absolute atomic E-state index is 0.156. The second-order valence-electron chi connectivity index (χ2n) is 16.1.